The van der Waals surface area contributed by atoms with Crippen molar-refractivity contribution in [2.75, 3.05) is 0 Å². The summed E-state index contributed by atoms with van der Waals surface area (Å²) >= 11 is 5.63. The highest BCUT2D eigenvalue weighted by atomic mass is 127. The predicted octanol–water partition coefficient (Wildman–Crippen LogP) is 3.46. The van der Waals surface area contributed by atoms with Crippen molar-refractivity contribution in [3.63, 3.8) is 0 Å². The molecule has 1 aromatic carbocycles. The van der Waals surface area contributed by atoms with Gasteiger partial charge in [-0.05, 0) is 52.4 Å². The summed E-state index contributed by atoms with van der Waals surface area (Å²) in [5.74, 6) is 0. The summed E-state index contributed by atoms with van der Waals surface area (Å²) in [4.78, 5) is 2.94. The lowest BCUT2D eigenvalue weighted by Crippen LogP contribution is -2.00. The Bertz CT molecular complexity index is 456. The maximum atomic E-state index is 10.1. The summed E-state index contributed by atoms with van der Waals surface area (Å²) in [7, 11) is 0. The molecule has 0 saturated carbocycles. The van der Waals surface area contributed by atoms with Crippen LogP contribution in [-0.4, -0.2) is 10.1 Å². The number of nitrogens with one attached hydrogen (secondary N) is 1. The fourth-order valence-electron chi connectivity index (χ4n) is 1.41. The largest absolute Gasteiger partial charge is 0.384 e. The third-order valence-electron chi connectivity index (χ3n) is 2.19. The Morgan fingerprint density at radius 3 is 2.80 bits per heavy atom. The molecule has 2 rings (SSSR count). The molecule has 0 aliphatic rings. The lowest BCUT2D eigenvalue weighted by Gasteiger charge is -2.11. The van der Waals surface area contributed by atoms with Crippen molar-refractivity contribution in [3.8, 4) is 0 Å². The quantitative estimate of drug-likeness (QED) is 0.772. The molecule has 15 heavy (non-hydrogen) atoms. The van der Waals surface area contributed by atoms with Crippen LogP contribution in [0.15, 0.2) is 41.1 Å². The molecule has 1 atom stereocenters. The Balaban J connectivity index is 2.41. The van der Waals surface area contributed by atoms with Crippen LogP contribution < -0.4 is 0 Å². The van der Waals surface area contributed by atoms with E-state index in [1.165, 1.54) is 0 Å². The van der Waals surface area contributed by atoms with Crippen molar-refractivity contribution in [2.24, 2.45) is 0 Å². The molecular formula is C11H9BrINO. The van der Waals surface area contributed by atoms with E-state index in [-0.39, 0.29) is 0 Å². The second-order valence-corrected chi connectivity index (χ2v) is 5.29. The number of aromatic amines is 1. The summed E-state index contributed by atoms with van der Waals surface area (Å²) in [6, 6.07) is 7.77. The average Bonchev–Trinajstić information content (AvgIpc) is 2.74. The molecule has 0 amide bonds. The number of H-pyrrole nitrogens is 1. The van der Waals surface area contributed by atoms with Gasteiger partial charge in [-0.25, -0.2) is 0 Å². The molecule has 0 aliphatic carbocycles. The molecule has 0 fully saturated rings. The predicted molar refractivity (Wildman–Crippen MR) is 71.7 cm³/mol. The Kier molecular flexibility index (Phi) is 3.48. The number of benzene rings is 1. The third-order valence-corrected chi connectivity index (χ3v) is 3.67. The highest BCUT2D eigenvalue weighted by molar-refractivity contribution is 14.1. The van der Waals surface area contributed by atoms with E-state index in [0.29, 0.717) is 0 Å². The first-order chi connectivity index (χ1) is 7.18. The molecule has 4 heteroatoms. The van der Waals surface area contributed by atoms with Crippen molar-refractivity contribution in [1.29, 1.82) is 0 Å². The van der Waals surface area contributed by atoms with Crippen LogP contribution in [0.3, 0.4) is 0 Å². The van der Waals surface area contributed by atoms with E-state index in [2.05, 4.69) is 43.5 Å². The number of aliphatic hydroxyl groups is 1. The van der Waals surface area contributed by atoms with Crippen molar-refractivity contribution in [1.82, 2.24) is 4.98 Å². The summed E-state index contributed by atoms with van der Waals surface area (Å²) in [5.41, 5.74) is 1.80. The van der Waals surface area contributed by atoms with Crippen LogP contribution in [0.4, 0.5) is 0 Å². The lowest BCUT2D eigenvalue weighted by molar-refractivity contribution is 0.219. The van der Waals surface area contributed by atoms with Gasteiger partial charge in [0, 0.05) is 26.0 Å². The molecular weight excluding hydrogens is 369 g/mol. The molecule has 2 N–H and O–H groups in total. The minimum absolute atomic E-state index is 0.569. The molecule has 0 aliphatic heterocycles. The molecule has 1 unspecified atom stereocenters. The SMILES string of the molecule is OC(c1cc[nH]c1)c1cc(Br)ccc1I. The van der Waals surface area contributed by atoms with Gasteiger partial charge in [-0.3, -0.25) is 0 Å². The number of hydrogen-bond acceptors (Lipinski definition) is 1. The molecule has 2 nitrogen and oxygen atoms in total. The smallest absolute Gasteiger partial charge is 0.107 e. The number of halogens is 2. The van der Waals surface area contributed by atoms with E-state index in [1.807, 2.05) is 36.7 Å². The molecule has 0 bridgehead atoms. The van der Waals surface area contributed by atoms with Gasteiger partial charge in [0.25, 0.3) is 0 Å². The van der Waals surface area contributed by atoms with Gasteiger partial charge in [-0.2, -0.15) is 0 Å². The van der Waals surface area contributed by atoms with Crippen molar-refractivity contribution >= 4 is 38.5 Å². The highest BCUT2D eigenvalue weighted by Gasteiger charge is 2.13. The summed E-state index contributed by atoms with van der Waals surface area (Å²) in [6.45, 7) is 0. The van der Waals surface area contributed by atoms with Gasteiger partial charge < -0.3 is 10.1 Å². The molecule has 1 aromatic heterocycles. The van der Waals surface area contributed by atoms with Crippen LogP contribution in [0, 0.1) is 3.57 Å². The zero-order chi connectivity index (χ0) is 10.8. The van der Waals surface area contributed by atoms with Crippen LogP contribution in [0.2, 0.25) is 0 Å². The summed E-state index contributed by atoms with van der Waals surface area (Å²) < 4.78 is 2.04. The first kappa shape index (κ1) is 11.2. The second-order valence-electron chi connectivity index (χ2n) is 3.21. The van der Waals surface area contributed by atoms with Gasteiger partial charge in [-0.1, -0.05) is 15.9 Å². The monoisotopic (exact) mass is 377 g/mol. The molecule has 1 heterocycles. The fourth-order valence-corrected chi connectivity index (χ4v) is 2.42. The van der Waals surface area contributed by atoms with Crippen LogP contribution >= 0.6 is 38.5 Å². The van der Waals surface area contributed by atoms with Crippen LogP contribution in [0.1, 0.15) is 17.2 Å². The normalized spacial score (nSPS) is 12.7. The number of hydrogen-bond donors (Lipinski definition) is 2. The van der Waals surface area contributed by atoms with Crippen LogP contribution in [-0.2, 0) is 0 Å². The molecule has 0 saturated heterocycles. The van der Waals surface area contributed by atoms with Crippen molar-refractivity contribution in [3.05, 3.63) is 55.8 Å². The van der Waals surface area contributed by atoms with E-state index in [4.69, 9.17) is 0 Å². The van der Waals surface area contributed by atoms with Crippen LogP contribution in [0.25, 0.3) is 0 Å². The van der Waals surface area contributed by atoms with Crippen LogP contribution in [0.5, 0.6) is 0 Å². The van der Waals surface area contributed by atoms with Gasteiger partial charge in [0.05, 0.1) is 0 Å². The zero-order valence-corrected chi connectivity index (χ0v) is 11.5. The first-order valence-electron chi connectivity index (χ1n) is 4.44. The summed E-state index contributed by atoms with van der Waals surface area (Å²) in [5, 5.41) is 10.1. The minimum Gasteiger partial charge on any atom is -0.384 e. The highest BCUT2D eigenvalue weighted by Crippen LogP contribution is 2.28. The Morgan fingerprint density at radius 1 is 1.33 bits per heavy atom. The Morgan fingerprint density at radius 2 is 2.13 bits per heavy atom. The first-order valence-corrected chi connectivity index (χ1v) is 6.31. The van der Waals surface area contributed by atoms with E-state index in [0.717, 1.165) is 19.2 Å². The van der Waals surface area contributed by atoms with E-state index < -0.39 is 6.10 Å². The topological polar surface area (TPSA) is 36.0 Å². The minimum atomic E-state index is -0.569. The molecule has 0 spiro atoms. The molecule has 78 valence electrons. The zero-order valence-electron chi connectivity index (χ0n) is 7.74. The Labute approximate surface area is 110 Å². The molecule has 0 radical (unpaired) electrons. The Hall–Kier alpha value is -0.330. The number of aliphatic hydroxyl groups excluding tert-OH is 1. The lowest BCUT2D eigenvalue weighted by atomic mass is 10.0. The summed E-state index contributed by atoms with van der Waals surface area (Å²) in [6.07, 6.45) is 3.05. The van der Waals surface area contributed by atoms with Crippen molar-refractivity contribution < 1.29 is 5.11 Å². The molecule has 2 aromatic rings. The average molecular weight is 378 g/mol. The van der Waals surface area contributed by atoms with E-state index >= 15 is 0 Å². The maximum Gasteiger partial charge on any atom is 0.107 e. The van der Waals surface area contributed by atoms with Gasteiger partial charge >= 0.3 is 0 Å². The van der Waals surface area contributed by atoms with Gasteiger partial charge in [0.2, 0.25) is 0 Å². The second kappa shape index (κ2) is 4.67. The van der Waals surface area contributed by atoms with Gasteiger partial charge in [0.1, 0.15) is 6.10 Å². The fraction of sp³-hybridized carbons (Fsp3) is 0.0909. The number of rotatable bonds is 2. The van der Waals surface area contributed by atoms with Crippen molar-refractivity contribution in [2.45, 2.75) is 6.10 Å². The van der Waals surface area contributed by atoms with Gasteiger partial charge in [0.15, 0.2) is 0 Å². The third kappa shape index (κ3) is 2.43. The van der Waals surface area contributed by atoms with E-state index in [1.54, 1.807) is 0 Å². The van der Waals surface area contributed by atoms with Gasteiger partial charge in [-0.15, -0.1) is 0 Å². The maximum absolute atomic E-state index is 10.1. The standard InChI is InChI=1S/C11H9BrINO/c12-8-1-2-10(13)9(5-8)11(15)7-3-4-14-6-7/h1-6,11,14-15H. The number of aromatic nitrogens is 1. The van der Waals surface area contributed by atoms with E-state index in [9.17, 15) is 5.11 Å².